The maximum absolute atomic E-state index is 12.0. The molecule has 1 aliphatic heterocycles. The van der Waals surface area contributed by atoms with E-state index in [1.165, 1.54) is 12.1 Å². The third kappa shape index (κ3) is 3.18. The van der Waals surface area contributed by atoms with Gasteiger partial charge in [0.25, 0.3) is 11.6 Å². The maximum Gasteiger partial charge on any atom is 0.280 e. The number of hydrogen-bond donors (Lipinski definition) is 2. The summed E-state index contributed by atoms with van der Waals surface area (Å²) in [4.78, 5) is 26.4. The smallest absolute Gasteiger partial charge is 0.280 e. The molecule has 2 aromatic carbocycles. The van der Waals surface area contributed by atoms with E-state index in [2.05, 4.69) is 4.99 Å². The quantitative estimate of drug-likeness (QED) is 0.379. The predicted molar refractivity (Wildman–Crippen MR) is 92.3 cm³/mol. The van der Waals surface area contributed by atoms with Crippen LogP contribution in [-0.4, -0.2) is 23.4 Å². The summed E-state index contributed by atoms with van der Waals surface area (Å²) in [5.41, 5.74) is 12.3. The van der Waals surface area contributed by atoms with E-state index in [4.69, 9.17) is 16.2 Å². The van der Waals surface area contributed by atoms with Gasteiger partial charge in [-0.05, 0) is 35.9 Å². The summed E-state index contributed by atoms with van der Waals surface area (Å²) < 4.78 is 5.55. The van der Waals surface area contributed by atoms with Crippen LogP contribution in [0.5, 0.6) is 5.75 Å². The fraction of sp³-hybridized carbons (Fsp3) is 0.0588. The lowest BCUT2D eigenvalue weighted by atomic mass is 9.93. The number of carbonyl (C=O) groups is 1. The molecule has 0 saturated carbocycles. The van der Waals surface area contributed by atoms with E-state index in [0.29, 0.717) is 22.4 Å². The largest absolute Gasteiger partial charge is 0.489 e. The molecule has 0 saturated heterocycles. The molecular formula is C17H14N4O4. The van der Waals surface area contributed by atoms with Gasteiger partial charge in [-0.15, -0.1) is 0 Å². The summed E-state index contributed by atoms with van der Waals surface area (Å²) in [6.45, 7) is 0.273. The molecule has 4 N–H and O–H groups in total. The Morgan fingerprint density at radius 1 is 1.16 bits per heavy atom. The lowest BCUT2D eigenvalue weighted by Crippen LogP contribution is -2.24. The van der Waals surface area contributed by atoms with Gasteiger partial charge < -0.3 is 16.2 Å². The Labute approximate surface area is 142 Å². The van der Waals surface area contributed by atoms with Gasteiger partial charge in [-0.2, -0.15) is 4.99 Å². The van der Waals surface area contributed by atoms with Crippen molar-refractivity contribution in [2.24, 2.45) is 16.5 Å². The Hall–Kier alpha value is -3.68. The van der Waals surface area contributed by atoms with Gasteiger partial charge in [-0.1, -0.05) is 12.1 Å². The molecule has 2 aromatic rings. The van der Waals surface area contributed by atoms with Crippen LogP contribution >= 0.6 is 0 Å². The molecule has 1 amide bonds. The molecule has 3 rings (SSSR count). The number of ether oxygens (including phenoxy) is 1. The second kappa shape index (κ2) is 6.44. The number of nitrogens with two attached hydrogens (primary N) is 2. The normalized spacial score (nSPS) is 12.4. The van der Waals surface area contributed by atoms with Crippen LogP contribution in [0.15, 0.2) is 53.5 Å². The van der Waals surface area contributed by atoms with Crippen molar-refractivity contribution in [1.82, 2.24) is 0 Å². The first-order valence-electron chi connectivity index (χ1n) is 7.32. The van der Waals surface area contributed by atoms with Crippen molar-refractivity contribution in [3.05, 3.63) is 75.3 Å². The first kappa shape index (κ1) is 16.2. The third-order valence-electron chi connectivity index (χ3n) is 3.66. The minimum Gasteiger partial charge on any atom is -0.489 e. The number of hydrogen-bond acceptors (Lipinski definition) is 4. The van der Waals surface area contributed by atoms with Crippen molar-refractivity contribution < 1.29 is 14.5 Å². The van der Waals surface area contributed by atoms with Crippen LogP contribution in [0.25, 0.3) is 5.57 Å². The number of nitro benzene ring substituents is 1. The molecule has 1 heterocycles. The molecule has 8 heteroatoms. The van der Waals surface area contributed by atoms with Crippen LogP contribution in [0, 0.1) is 10.1 Å². The van der Waals surface area contributed by atoms with Crippen molar-refractivity contribution in [2.45, 2.75) is 0 Å². The number of carbonyl (C=O) groups excluding carboxylic acids is 1. The Kier molecular flexibility index (Phi) is 4.17. The van der Waals surface area contributed by atoms with Crippen molar-refractivity contribution in [1.29, 1.82) is 0 Å². The number of amides is 1. The fourth-order valence-electron chi connectivity index (χ4n) is 2.62. The molecular weight excluding hydrogens is 324 g/mol. The van der Waals surface area contributed by atoms with E-state index in [1.807, 2.05) is 0 Å². The zero-order valence-electron chi connectivity index (χ0n) is 13.0. The number of fused-ring (bicyclic) bond motifs is 1. The second-order valence-corrected chi connectivity index (χ2v) is 5.26. The van der Waals surface area contributed by atoms with Crippen molar-refractivity contribution in [3.8, 4) is 5.75 Å². The minimum atomic E-state index is -0.602. The third-order valence-corrected chi connectivity index (χ3v) is 3.66. The molecule has 0 radical (unpaired) electrons. The summed E-state index contributed by atoms with van der Waals surface area (Å²) in [7, 11) is 0. The molecule has 0 unspecified atom stereocenters. The molecule has 126 valence electrons. The molecule has 8 nitrogen and oxygen atoms in total. The Balaban J connectivity index is 2.12. The van der Waals surface area contributed by atoms with E-state index in [0.717, 1.165) is 0 Å². The van der Waals surface area contributed by atoms with Crippen LogP contribution in [0.2, 0.25) is 0 Å². The number of rotatable bonds is 3. The summed E-state index contributed by atoms with van der Waals surface area (Å²) >= 11 is 0. The highest BCUT2D eigenvalue weighted by Gasteiger charge is 2.23. The first-order valence-corrected chi connectivity index (χ1v) is 7.32. The molecule has 0 spiro atoms. The number of guanidine groups is 1. The Morgan fingerprint density at radius 2 is 1.92 bits per heavy atom. The SMILES string of the molecule is NC(N)=NC(=O)c1ccc2c(c1)C(c1ccccc1[N+](=O)[O-])=CCO2. The molecule has 0 fully saturated rings. The van der Waals surface area contributed by atoms with Crippen LogP contribution in [0.1, 0.15) is 21.5 Å². The van der Waals surface area contributed by atoms with Crippen LogP contribution in [-0.2, 0) is 0 Å². The van der Waals surface area contributed by atoms with Gasteiger partial charge in [0.05, 0.1) is 10.5 Å². The Morgan fingerprint density at radius 3 is 2.64 bits per heavy atom. The van der Waals surface area contributed by atoms with Gasteiger partial charge in [0.1, 0.15) is 12.4 Å². The Bertz CT molecular complexity index is 930. The summed E-state index contributed by atoms with van der Waals surface area (Å²) in [5.74, 6) is -0.416. The molecule has 0 aromatic heterocycles. The van der Waals surface area contributed by atoms with Gasteiger partial charge in [-0.3, -0.25) is 14.9 Å². The zero-order valence-corrected chi connectivity index (χ0v) is 13.0. The number of para-hydroxylation sites is 1. The highest BCUT2D eigenvalue weighted by Crippen LogP contribution is 2.38. The first-order chi connectivity index (χ1) is 12.0. The van der Waals surface area contributed by atoms with Crippen LogP contribution < -0.4 is 16.2 Å². The van der Waals surface area contributed by atoms with Gasteiger partial charge in [0, 0.05) is 17.2 Å². The van der Waals surface area contributed by atoms with E-state index in [-0.39, 0.29) is 23.8 Å². The highest BCUT2D eigenvalue weighted by atomic mass is 16.6. The lowest BCUT2D eigenvalue weighted by molar-refractivity contribution is -0.385. The summed E-state index contributed by atoms with van der Waals surface area (Å²) in [6, 6.07) is 11.1. The average molecular weight is 338 g/mol. The molecule has 0 bridgehead atoms. The average Bonchev–Trinajstić information content (AvgIpc) is 2.60. The number of nitro groups is 1. The van der Waals surface area contributed by atoms with Gasteiger partial charge in [-0.25, -0.2) is 0 Å². The summed E-state index contributed by atoms with van der Waals surface area (Å²) in [5, 5.41) is 11.3. The lowest BCUT2D eigenvalue weighted by Gasteiger charge is -2.19. The van der Waals surface area contributed by atoms with Gasteiger partial charge in [0.2, 0.25) is 0 Å². The van der Waals surface area contributed by atoms with Gasteiger partial charge >= 0.3 is 0 Å². The van der Waals surface area contributed by atoms with E-state index < -0.39 is 10.8 Å². The topological polar surface area (TPSA) is 134 Å². The van der Waals surface area contributed by atoms with E-state index >= 15 is 0 Å². The predicted octanol–water partition coefficient (Wildman–Crippen LogP) is 1.83. The molecule has 25 heavy (non-hydrogen) atoms. The second-order valence-electron chi connectivity index (χ2n) is 5.26. The van der Waals surface area contributed by atoms with E-state index in [9.17, 15) is 14.9 Å². The molecule has 0 aliphatic carbocycles. The maximum atomic E-state index is 12.0. The van der Waals surface area contributed by atoms with Crippen molar-refractivity contribution >= 4 is 23.1 Å². The standard InChI is InChI=1S/C17H14N4O4/c18-17(19)20-16(22)10-5-6-15-13(9-10)11(7-8-25-15)12-3-1-2-4-14(12)21(23)24/h1-7,9H,8H2,(H4,18,19,20,22). The molecule has 1 aliphatic rings. The zero-order chi connectivity index (χ0) is 18.0. The van der Waals surface area contributed by atoms with Gasteiger partial charge in [0.15, 0.2) is 5.96 Å². The highest BCUT2D eigenvalue weighted by molar-refractivity contribution is 6.03. The van der Waals surface area contributed by atoms with Crippen molar-refractivity contribution in [2.75, 3.05) is 6.61 Å². The number of benzene rings is 2. The number of nitrogens with zero attached hydrogens (tertiary/aromatic N) is 2. The number of aliphatic imine (C=N–C) groups is 1. The van der Waals surface area contributed by atoms with E-state index in [1.54, 1.807) is 36.4 Å². The summed E-state index contributed by atoms with van der Waals surface area (Å²) in [6.07, 6.45) is 1.74. The molecule has 0 atom stereocenters. The minimum absolute atomic E-state index is 0.0254. The monoisotopic (exact) mass is 338 g/mol. The fourth-order valence-corrected chi connectivity index (χ4v) is 2.62. The van der Waals surface area contributed by atoms with Crippen LogP contribution in [0.4, 0.5) is 5.69 Å². The van der Waals surface area contributed by atoms with Crippen LogP contribution in [0.3, 0.4) is 0 Å². The van der Waals surface area contributed by atoms with Crippen molar-refractivity contribution in [3.63, 3.8) is 0 Å².